The van der Waals surface area contributed by atoms with E-state index in [0.717, 1.165) is 39.3 Å². The molecule has 1 saturated heterocycles. The predicted octanol–water partition coefficient (Wildman–Crippen LogP) is 1.49. The molecule has 0 aromatic carbocycles. The van der Waals surface area contributed by atoms with Crippen LogP contribution in [0.1, 0.15) is 20.8 Å². The molecular weight excluding hydrogens is 285 g/mol. The minimum Gasteiger partial charge on any atom is -0.340 e. The van der Waals surface area contributed by atoms with Crippen molar-refractivity contribution in [3.63, 3.8) is 0 Å². The molecule has 1 aliphatic rings. The van der Waals surface area contributed by atoms with E-state index in [-0.39, 0.29) is 30.7 Å². The van der Waals surface area contributed by atoms with Crippen LogP contribution < -0.4 is 5.32 Å². The molecule has 1 N–H and O–H groups in total. The van der Waals surface area contributed by atoms with Crippen LogP contribution in [-0.4, -0.2) is 62.0 Å². The zero-order chi connectivity index (χ0) is 12.8. The SMILES string of the molecule is CNCC(C)C(=O)N1CCN(CC(C)C)CC1.Cl.Cl. The van der Waals surface area contributed by atoms with E-state index in [1.54, 1.807) is 0 Å². The molecule has 1 aliphatic heterocycles. The Morgan fingerprint density at radius 2 is 1.63 bits per heavy atom. The molecule has 0 saturated carbocycles. The summed E-state index contributed by atoms with van der Waals surface area (Å²) >= 11 is 0. The number of carbonyl (C=O) groups excluding carboxylic acids is 1. The van der Waals surface area contributed by atoms with Gasteiger partial charge in [0.25, 0.3) is 0 Å². The lowest BCUT2D eigenvalue weighted by Crippen LogP contribution is -2.51. The van der Waals surface area contributed by atoms with Crippen molar-refractivity contribution >= 4 is 30.7 Å². The van der Waals surface area contributed by atoms with E-state index in [1.807, 2.05) is 18.9 Å². The highest BCUT2D eigenvalue weighted by Gasteiger charge is 2.24. The van der Waals surface area contributed by atoms with Crippen LogP contribution in [0.2, 0.25) is 0 Å². The molecule has 0 spiro atoms. The van der Waals surface area contributed by atoms with Crippen LogP contribution in [0.3, 0.4) is 0 Å². The molecule has 19 heavy (non-hydrogen) atoms. The van der Waals surface area contributed by atoms with E-state index < -0.39 is 0 Å². The van der Waals surface area contributed by atoms with Gasteiger partial charge in [0.15, 0.2) is 0 Å². The second-order valence-corrected chi connectivity index (χ2v) is 5.48. The smallest absolute Gasteiger partial charge is 0.226 e. The summed E-state index contributed by atoms with van der Waals surface area (Å²) in [6.07, 6.45) is 0. The molecule has 1 rings (SSSR count). The van der Waals surface area contributed by atoms with Crippen LogP contribution in [0.5, 0.6) is 0 Å². The van der Waals surface area contributed by atoms with Gasteiger partial charge in [0.1, 0.15) is 0 Å². The van der Waals surface area contributed by atoms with Gasteiger partial charge >= 0.3 is 0 Å². The quantitative estimate of drug-likeness (QED) is 0.835. The maximum atomic E-state index is 12.1. The third-order valence-corrected chi connectivity index (χ3v) is 3.24. The van der Waals surface area contributed by atoms with Crippen LogP contribution in [0.15, 0.2) is 0 Å². The minimum atomic E-state index is 0. The van der Waals surface area contributed by atoms with Crippen LogP contribution in [-0.2, 0) is 4.79 Å². The molecule has 116 valence electrons. The molecule has 0 aromatic heterocycles. The van der Waals surface area contributed by atoms with Crippen molar-refractivity contribution in [1.29, 1.82) is 0 Å². The maximum Gasteiger partial charge on any atom is 0.226 e. The third kappa shape index (κ3) is 7.35. The molecule has 0 radical (unpaired) electrons. The summed E-state index contributed by atoms with van der Waals surface area (Å²) in [7, 11) is 1.89. The Balaban J connectivity index is 0. The van der Waals surface area contributed by atoms with Crippen molar-refractivity contribution in [2.45, 2.75) is 20.8 Å². The van der Waals surface area contributed by atoms with E-state index in [9.17, 15) is 4.79 Å². The summed E-state index contributed by atoms with van der Waals surface area (Å²) in [5.74, 6) is 1.10. The van der Waals surface area contributed by atoms with E-state index >= 15 is 0 Å². The van der Waals surface area contributed by atoms with Gasteiger partial charge in [-0.25, -0.2) is 0 Å². The summed E-state index contributed by atoms with van der Waals surface area (Å²) < 4.78 is 0. The lowest BCUT2D eigenvalue weighted by atomic mass is 10.1. The molecule has 0 bridgehead atoms. The van der Waals surface area contributed by atoms with Gasteiger partial charge in [-0.3, -0.25) is 9.69 Å². The molecule has 1 atom stereocenters. The van der Waals surface area contributed by atoms with Gasteiger partial charge in [0, 0.05) is 45.2 Å². The molecule has 0 aliphatic carbocycles. The topological polar surface area (TPSA) is 35.6 Å². The first-order chi connectivity index (χ1) is 8.04. The van der Waals surface area contributed by atoms with Gasteiger partial charge < -0.3 is 10.2 Å². The molecule has 1 unspecified atom stereocenters. The Morgan fingerprint density at radius 3 is 2.05 bits per heavy atom. The summed E-state index contributed by atoms with van der Waals surface area (Å²) in [5.41, 5.74) is 0. The normalized spacial score (nSPS) is 17.6. The van der Waals surface area contributed by atoms with Gasteiger partial charge in [-0.2, -0.15) is 0 Å². The molecule has 6 heteroatoms. The Bertz CT molecular complexity index is 244. The molecule has 1 heterocycles. The lowest BCUT2D eigenvalue weighted by molar-refractivity contribution is -0.136. The number of carbonyl (C=O) groups is 1. The standard InChI is InChI=1S/C13H27N3O.2ClH/c1-11(2)10-15-5-7-16(8-6-15)13(17)12(3)9-14-4;;/h11-12,14H,5-10H2,1-4H3;2*1H. The first kappa shape index (κ1) is 21.3. The Hall–Kier alpha value is -0.0300. The number of amides is 1. The number of nitrogens with one attached hydrogen (secondary N) is 1. The molecule has 4 nitrogen and oxygen atoms in total. The zero-order valence-corrected chi connectivity index (χ0v) is 14.1. The summed E-state index contributed by atoms with van der Waals surface area (Å²) in [5, 5.41) is 3.06. The van der Waals surface area contributed by atoms with E-state index in [2.05, 4.69) is 24.1 Å². The highest BCUT2D eigenvalue weighted by Crippen LogP contribution is 2.08. The summed E-state index contributed by atoms with van der Waals surface area (Å²) in [6, 6.07) is 0. The molecule has 1 fully saturated rings. The monoisotopic (exact) mass is 313 g/mol. The highest BCUT2D eigenvalue weighted by atomic mass is 35.5. The molecule has 1 amide bonds. The average Bonchev–Trinajstić information content (AvgIpc) is 2.28. The van der Waals surface area contributed by atoms with Gasteiger partial charge in [0.05, 0.1) is 0 Å². The van der Waals surface area contributed by atoms with Crippen molar-refractivity contribution in [2.75, 3.05) is 46.3 Å². The lowest BCUT2D eigenvalue weighted by Gasteiger charge is -2.36. The van der Waals surface area contributed by atoms with Crippen molar-refractivity contribution in [3.8, 4) is 0 Å². The van der Waals surface area contributed by atoms with E-state index in [0.29, 0.717) is 11.8 Å². The predicted molar refractivity (Wildman–Crippen MR) is 85.4 cm³/mol. The number of nitrogens with zero attached hydrogens (tertiary/aromatic N) is 2. The average molecular weight is 314 g/mol. The van der Waals surface area contributed by atoms with Crippen LogP contribution >= 0.6 is 24.8 Å². The maximum absolute atomic E-state index is 12.1. The fourth-order valence-electron chi connectivity index (χ4n) is 2.37. The Kier molecular flexibility index (Phi) is 12.0. The van der Waals surface area contributed by atoms with Gasteiger partial charge in [-0.15, -0.1) is 24.8 Å². The number of hydrogen-bond donors (Lipinski definition) is 1. The van der Waals surface area contributed by atoms with E-state index in [1.165, 1.54) is 0 Å². The third-order valence-electron chi connectivity index (χ3n) is 3.24. The number of rotatable bonds is 5. The van der Waals surface area contributed by atoms with Gasteiger partial charge in [0.2, 0.25) is 5.91 Å². The molecular formula is C13H29Cl2N3O. The Morgan fingerprint density at radius 1 is 1.11 bits per heavy atom. The van der Waals surface area contributed by atoms with Crippen molar-refractivity contribution in [1.82, 2.24) is 15.1 Å². The van der Waals surface area contributed by atoms with Crippen LogP contribution in [0.25, 0.3) is 0 Å². The number of piperazine rings is 1. The largest absolute Gasteiger partial charge is 0.340 e. The first-order valence-corrected chi connectivity index (χ1v) is 6.70. The van der Waals surface area contributed by atoms with Crippen LogP contribution in [0.4, 0.5) is 0 Å². The number of hydrogen-bond acceptors (Lipinski definition) is 3. The Labute approximate surface area is 130 Å². The summed E-state index contributed by atoms with van der Waals surface area (Å²) in [4.78, 5) is 16.6. The second kappa shape index (κ2) is 10.7. The fourth-order valence-corrected chi connectivity index (χ4v) is 2.37. The van der Waals surface area contributed by atoms with Crippen molar-refractivity contribution < 1.29 is 4.79 Å². The minimum absolute atomic E-state index is 0. The molecule has 0 aromatic rings. The second-order valence-electron chi connectivity index (χ2n) is 5.48. The zero-order valence-electron chi connectivity index (χ0n) is 12.5. The van der Waals surface area contributed by atoms with Crippen molar-refractivity contribution in [3.05, 3.63) is 0 Å². The number of halogens is 2. The van der Waals surface area contributed by atoms with Crippen LogP contribution in [0, 0.1) is 11.8 Å². The summed E-state index contributed by atoms with van der Waals surface area (Å²) in [6.45, 7) is 12.2. The van der Waals surface area contributed by atoms with Gasteiger partial charge in [-0.1, -0.05) is 20.8 Å². The fraction of sp³-hybridized carbons (Fsp3) is 0.923. The van der Waals surface area contributed by atoms with E-state index in [4.69, 9.17) is 0 Å². The van der Waals surface area contributed by atoms with Crippen molar-refractivity contribution in [2.24, 2.45) is 11.8 Å². The highest BCUT2D eigenvalue weighted by molar-refractivity contribution is 5.85. The van der Waals surface area contributed by atoms with Gasteiger partial charge in [-0.05, 0) is 13.0 Å². The first-order valence-electron chi connectivity index (χ1n) is 6.70.